The molecule has 0 saturated heterocycles. The van der Waals surface area contributed by atoms with Crippen molar-refractivity contribution in [2.24, 2.45) is 0 Å². The maximum atomic E-state index is 5.98. The van der Waals surface area contributed by atoms with Gasteiger partial charge in [-0.15, -0.1) is 0 Å². The van der Waals surface area contributed by atoms with Crippen molar-refractivity contribution in [2.45, 2.75) is 16.8 Å². The van der Waals surface area contributed by atoms with Gasteiger partial charge in [0.2, 0.25) is 5.88 Å². The zero-order valence-corrected chi connectivity index (χ0v) is 12.2. The number of nitrogen functional groups attached to an aromatic ring is 1. The number of benzene rings is 1. The number of ether oxygens (including phenoxy) is 1. The van der Waals surface area contributed by atoms with Gasteiger partial charge in [0.1, 0.15) is 17.0 Å². The highest BCUT2D eigenvalue weighted by Gasteiger charge is 2.11. The van der Waals surface area contributed by atoms with Crippen LogP contribution < -0.4 is 10.5 Å². The first-order chi connectivity index (χ1) is 8.72. The van der Waals surface area contributed by atoms with E-state index in [0.29, 0.717) is 23.2 Å². The first-order valence-corrected chi connectivity index (χ1v) is 6.99. The van der Waals surface area contributed by atoms with Gasteiger partial charge in [0.25, 0.3) is 0 Å². The second-order valence-electron chi connectivity index (χ2n) is 3.36. The van der Waals surface area contributed by atoms with Crippen molar-refractivity contribution in [3.63, 3.8) is 0 Å². The Labute approximate surface area is 118 Å². The van der Waals surface area contributed by atoms with Crippen LogP contribution in [0.4, 0.5) is 5.69 Å². The summed E-state index contributed by atoms with van der Waals surface area (Å²) in [6, 6.07) is 7.90. The molecule has 0 aliphatic heterocycles. The molecule has 6 heteroatoms. The molecule has 0 aliphatic rings. The van der Waals surface area contributed by atoms with Crippen LogP contribution in [-0.4, -0.2) is 16.6 Å². The number of nitrogens with zero attached hydrogens (tertiary/aromatic N) is 2. The summed E-state index contributed by atoms with van der Waals surface area (Å²) >= 11 is 4.97. The molecule has 2 rings (SSSR count). The Kier molecular flexibility index (Phi) is 4.43. The van der Waals surface area contributed by atoms with Crippen molar-refractivity contribution in [1.82, 2.24) is 9.97 Å². The molecular formula is C12H12BrN3OS. The summed E-state index contributed by atoms with van der Waals surface area (Å²) in [4.78, 5) is 9.24. The molecule has 18 heavy (non-hydrogen) atoms. The summed E-state index contributed by atoms with van der Waals surface area (Å²) < 4.78 is 6.35. The Bertz CT molecular complexity index is 551. The van der Waals surface area contributed by atoms with E-state index >= 15 is 0 Å². The van der Waals surface area contributed by atoms with E-state index in [9.17, 15) is 0 Å². The Morgan fingerprint density at radius 2 is 2.11 bits per heavy atom. The van der Waals surface area contributed by atoms with Gasteiger partial charge in [0.15, 0.2) is 0 Å². The third kappa shape index (κ3) is 2.94. The molecule has 2 aromatic rings. The van der Waals surface area contributed by atoms with E-state index in [1.165, 1.54) is 18.1 Å². The molecule has 0 radical (unpaired) electrons. The van der Waals surface area contributed by atoms with Crippen molar-refractivity contribution < 1.29 is 4.74 Å². The highest BCUT2D eigenvalue weighted by Crippen LogP contribution is 2.37. The van der Waals surface area contributed by atoms with E-state index in [4.69, 9.17) is 10.5 Å². The summed E-state index contributed by atoms with van der Waals surface area (Å²) in [7, 11) is 0. The molecule has 0 bridgehead atoms. The van der Waals surface area contributed by atoms with Crippen LogP contribution in [-0.2, 0) is 0 Å². The van der Waals surface area contributed by atoms with Crippen LogP contribution in [0.2, 0.25) is 0 Å². The average molecular weight is 326 g/mol. The maximum absolute atomic E-state index is 5.98. The molecule has 94 valence electrons. The molecule has 0 unspecified atom stereocenters. The number of aromatic nitrogens is 2. The van der Waals surface area contributed by atoms with Crippen LogP contribution in [0.15, 0.2) is 45.0 Å². The molecule has 1 aromatic heterocycles. The second kappa shape index (κ2) is 6.06. The van der Waals surface area contributed by atoms with Crippen LogP contribution in [0.3, 0.4) is 0 Å². The fourth-order valence-corrected chi connectivity index (χ4v) is 2.67. The SMILES string of the molecule is CCOc1ncnc(Sc2ccccc2Br)c1N. The smallest absolute Gasteiger partial charge is 0.241 e. The molecule has 0 atom stereocenters. The van der Waals surface area contributed by atoms with E-state index in [-0.39, 0.29) is 0 Å². The monoisotopic (exact) mass is 325 g/mol. The molecule has 1 aromatic carbocycles. The lowest BCUT2D eigenvalue weighted by Crippen LogP contribution is -2.02. The van der Waals surface area contributed by atoms with E-state index in [1.54, 1.807) is 0 Å². The van der Waals surface area contributed by atoms with Crippen LogP contribution >= 0.6 is 27.7 Å². The predicted octanol–water partition coefficient (Wildman–Crippen LogP) is 3.37. The summed E-state index contributed by atoms with van der Waals surface area (Å²) in [6.07, 6.45) is 1.46. The Morgan fingerprint density at radius 3 is 2.83 bits per heavy atom. The number of anilines is 1. The molecule has 1 heterocycles. The van der Waals surface area contributed by atoms with Gasteiger partial charge in [0, 0.05) is 9.37 Å². The van der Waals surface area contributed by atoms with Crippen LogP contribution in [0.25, 0.3) is 0 Å². The first-order valence-electron chi connectivity index (χ1n) is 5.38. The van der Waals surface area contributed by atoms with Crippen LogP contribution in [0, 0.1) is 0 Å². The largest absolute Gasteiger partial charge is 0.476 e. The van der Waals surface area contributed by atoms with Crippen molar-refractivity contribution in [3.8, 4) is 5.88 Å². The van der Waals surface area contributed by atoms with Crippen molar-refractivity contribution >= 4 is 33.4 Å². The minimum Gasteiger partial charge on any atom is -0.476 e. The van der Waals surface area contributed by atoms with Crippen LogP contribution in [0.5, 0.6) is 5.88 Å². The van der Waals surface area contributed by atoms with E-state index < -0.39 is 0 Å². The van der Waals surface area contributed by atoms with Gasteiger partial charge in [-0.05, 0) is 35.0 Å². The van der Waals surface area contributed by atoms with Gasteiger partial charge < -0.3 is 10.5 Å². The third-order valence-electron chi connectivity index (χ3n) is 2.14. The van der Waals surface area contributed by atoms with Gasteiger partial charge in [-0.2, -0.15) is 4.98 Å². The number of nitrogens with two attached hydrogens (primary N) is 1. The highest BCUT2D eigenvalue weighted by atomic mass is 79.9. The standard InChI is InChI=1S/C12H12BrN3OS/c1-2-17-11-10(14)12(16-7-15-11)18-9-6-4-3-5-8(9)13/h3-7H,2,14H2,1H3. The second-order valence-corrected chi connectivity index (χ2v) is 5.25. The summed E-state index contributed by atoms with van der Waals surface area (Å²) in [5.74, 6) is 0.432. The molecule has 0 aliphatic carbocycles. The van der Waals surface area contributed by atoms with Crippen molar-refractivity contribution in [1.29, 1.82) is 0 Å². The maximum Gasteiger partial charge on any atom is 0.241 e. The van der Waals surface area contributed by atoms with Crippen LogP contribution in [0.1, 0.15) is 6.92 Å². The Balaban J connectivity index is 2.30. The Hall–Kier alpha value is -1.27. The van der Waals surface area contributed by atoms with Crippen molar-refractivity contribution in [3.05, 3.63) is 35.1 Å². The van der Waals surface area contributed by atoms with Gasteiger partial charge in [-0.1, -0.05) is 23.9 Å². The molecule has 0 saturated carbocycles. The fourth-order valence-electron chi connectivity index (χ4n) is 1.33. The predicted molar refractivity (Wildman–Crippen MR) is 75.9 cm³/mol. The quantitative estimate of drug-likeness (QED) is 0.873. The minimum atomic E-state index is 0.432. The molecule has 4 nitrogen and oxygen atoms in total. The third-order valence-corrected chi connectivity index (χ3v) is 4.18. The summed E-state index contributed by atoms with van der Waals surface area (Å²) in [5, 5.41) is 0.695. The van der Waals surface area contributed by atoms with E-state index in [0.717, 1.165) is 9.37 Å². The lowest BCUT2D eigenvalue weighted by atomic mass is 10.4. The van der Waals surface area contributed by atoms with Gasteiger partial charge in [0.05, 0.1) is 6.61 Å². The van der Waals surface area contributed by atoms with E-state index in [1.807, 2.05) is 31.2 Å². The number of hydrogen-bond acceptors (Lipinski definition) is 5. The van der Waals surface area contributed by atoms with Gasteiger partial charge in [-0.3, -0.25) is 0 Å². The molecular weight excluding hydrogens is 314 g/mol. The zero-order chi connectivity index (χ0) is 13.0. The Morgan fingerprint density at radius 1 is 1.33 bits per heavy atom. The topological polar surface area (TPSA) is 61.0 Å². The first kappa shape index (κ1) is 13.2. The highest BCUT2D eigenvalue weighted by molar-refractivity contribution is 9.10. The van der Waals surface area contributed by atoms with E-state index in [2.05, 4.69) is 25.9 Å². The number of hydrogen-bond donors (Lipinski definition) is 1. The lowest BCUT2D eigenvalue weighted by molar-refractivity contribution is 0.327. The normalized spacial score (nSPS) is 10.3. The van der Waals surface area contributed by atoms with Crippen molar-refractivity contribution in [2.75, 3.05) is 12.3 Å². The number of rotatable bonds is 4. The molecule has 0 amide bonds. The zero-order valence-electron chi connectivity index (χ0n) is 9.76. The van der Waals surface area contributed by atoms with Gasteiger partial charge in [-0.25, -0.2) is 4.98 Å². The lowest BCUT2D eigenvalue weighted by Gasteiger charge is -2.09. The summed E-state index contributed by atoms with van der Waals surface area (Å²) in [5.41, 5.74) is 6.45. The summed E-state index contributed by atoms with van der Waals surface area (Å²) in [6.45, 7) is 2.42. The van der Waals surface area contributed by atoms with Gasteiger partial charge >= 0.3 is 0 Å². The minimum absolute atomic E-state index is 0.432. The molecule has 0 fully saturated rings. The molecule has 0 spiro atoms. The fraction of sp³-hybridized carbons (Fsp3) is 0.167. The molecule has 2 N–H and O–H groups in total. The number of halogens is 1. The average Bonchev–Trinajstić information content (AvgIpc) is 2.37.